The van der Waals surface area contributed by atoms with E-state index in [4.69, 9.17) is 4.98 Å². The molecule has 0 unspecified atom stereocenters. The molecule has 0 bridgehead atoms. The van der Waals surface area contributed by atoms with Crippen LogP contribution in [0, 0.1) is 0 Å². The number of aromatic nitrogens is 1. The fourth-order valence-corrected chi connectivity index (χ4v) is 3.09. The Morgan fingerprint density at radius 1 is 1.29 bits per heavy atom. The van der Waals surface area contributed by atoms with E-state index in [-0.39, 0.29) is 6.61 Å². The second-order valence-electron chi connectivity index (χ2n) is 4.90. The molecule has 1 aromatic heterocycles. The van der Waals surface area contributed by atoms with Crippen molar-refractivity contribution in [1.82, 2.24) is 4.98 Å². The molecule has 0 aliphatic rings. The lowest BCUT2D eigenvalue weighted by Crippen LogP contribution is -2.31. The first kappa shape index (κ1) is 14.5. The van der Waals surface area contributed by atoms with Gasteiger partial charge in [0.1, 0.15) is 0 Å². The van der Waals surface area contributed by atoms with Crippen molar-refractivity contribution in [3.63, 3.8) is 0 Å². The topological polar surface area (TPSA) is 36.4 Å². The van der Waals surface area contributed by atoms with E-state index in [1.165, 1.54) is 0 Å². The number of hydrogen-bond donors (Lipinski definition) is 1. The highest BCUT2D eigenvalue weighted by Gasteiger charge is 2.18. The van der Waals surface area contributed by atoms with E-state index in [9.17, 15) is 5.11 Å². The molecule has 0 atom stereocenters. The quantitative estimate of drug-likeness (QED) is 0.847. The first-order valence-corrected chi connectivity index (χ1v) is 7.19. The normalized spacial score (nSPS) is 11.5. The van der Waals surface area contributed by atoms with Crippen LogP contribution in [0.3, 0.4) is 0 Å². The Balaban J connectivity index is 3.03. The maximum Gasteiger partial charge on any atom is 0.186 e. The molecule has 0 amide bonds. The zero-order valence-electron chi connectivity index (χ0n) is 11.5. The van der Waals surface area contributed by atoms with Gasteiger partial charge in [0.25, 0.3) is 0 Å². The molecule has 1 rings (SSSR count). The highest BCUT2D eigenvalue weighted by atomic mass is 32.1. The summed E-state index contributed by atoms with van der Waals surface area (Å²) >= 11 is 1.63. The third-order valence-corrected chi connectivity index (χ3v) is 3.83. The van der Waals surface area contributed by atoms with Crippen LogP contribution in [0.5, 0.6) is 0 Å². The van der Waals surface area contributed by atoms with Crippen LogP contribution in [-0.2, 0) is 6.61 Å². The molecule has 1 aromatic rings. The molecule has 0 spiro atoms. The van der Waals surface area contributed by atoms with Crippen molar-refractivity contribution < 1.29 is 5.11 Å². The molecule has 0 saturated heterocycles. The second-order valence-corrected chi connectivity index (χ2v) is 5.97. The van der Waals surface area contributed by atoms with Crippen LogP contribution < -0.4 is 4.90 Å². The molecule has 0 radical (unpaired) electrons. The monoisotopic (exact) mass is 256 g/mol. The van der Waals surface area contributed by atoms with Gasteiger partial charge in [-0.3, -0.25) is 0 Å². The molecule has 0 aliphatic carbocycles. The Morgan fingerprint density at radius 3 is 2.29 bits per heavy atom. The first-order valence-electron chi connectivity index (χ1n) is 6.38. The molecule has 1 N–H and O–H groups in total. The molecule has 4 heteroatoms. The molecule has 0 aliphatic heterocycles. The number of anilines is 1. The molecule has 98 valence electrons. The highest BCUT2D eigenvalue weighted by molar-refractivity contribution is 7.15. The van der Waals surface area contributed by atoms with Crippen molar-refractivity contribution in [2.24, 2.45) is 0 Å². The second kappa shape index (κ2) is 6.36. The summed E-state index contributed by atoms with van der Waals surface area (Å²) in [5.74, 6) is 0.373. The van der Waals surface area contributed by atoms with Crippen LogP contribution >= 0.6 is 11.3 Å². The van der Waals surface area contributed by atoms with Gasteiger partial charge in [0, 0.05) is 12.6 Å². The summed E-state index contributed by atoms with van der Waals surface area (Å²) in [6, 6.07) is 0.452. The van der Waals surface area contributed by atoms with Gasteiger partial charge in [-0.25, -0.2) is 4.98 Å². The fourth-order valence-electron chi connectivity index (χ4n) is 1.85. The van der Waals surface area contributed by atoms with Crippen LogP contribution in [-0.4, -0.2) is 22.7 Å². The molecule has 1 heterocycles. The van der Waals surface area contributed by atoms with Gasteiger partial charge in [0.2, 0.25) is 0 Å². The van der Waals surface area contributed by atoms with Gasteiger partial charge in [0.05, 0.1) is 17.2 Å². The van der Waals surface area contributed by atoms with Gasteiger partial charge >= 0.3 is 0 Å². The minimum atomic E-state index is 0.100. The average Bonchev–Trinajstić information content (AvgIpc) is 2.69. The van der Waals surface area contributed by atoms with Gasteiger partial charge in [-0.2, -0.15) is 0 Å². The van der Waals surface area contributed by atoms with E-state index in [0.29, 0.717) is 12.0 Å². The van der Waals surface area contributed by atoms with E-state index in [2.05, 4.69) is 39.5 Å². The molecule has 0 saturated carbocycles. The SMILES string of the molecule is CCCN(c1nc(C(C)C)c(CO)s1)C(C)C. The Labute approximate surface area is 108 Å². The molecule has 3 nitrogen and oxygen atoms in total. The summed E-state index contributed by atoms with van der Waals surface area (Å²) in [7, 11) is 0. The number of hydrogen-bond acceptors (Lipinski definition) is 4. The van der Waals surface area contributed by atoms with Gasteiger partial charge in [-0.15, -0.1) is 0 Å². The Bertz CT molecular complexity index is 347. The lowest BCUT2D eigenvalue weighted by Gasteiger charge is -2.25. The summed E-state index contributed by atoms with van der Waals surface area (Å²) in [5, 5.41) is 10.4. The van der Waals surface area contributed by atoms with E-state index in [1.807, 2.05) is 0 Å². The minimum Gasteiger partial charge on any atom is -0.391 e. The fraction of sp³-hybridized carbons (Fsp3) is 0.769. The lowest BCUT2D eigenvalue weighted by atomic mass is 10.1. The summed E-state index contributed by atoms with van der Waals surface area (Å²) in [6.45, 7) is 11.9. The maximum absolute atomic E-state index is 9.38. The molecule has 0 aromatic carbocycles. The standard InChI is InChI=1S/C13H24N2OS/c1-6-7-15(10(4)5)13-14-12(9(2)3)11(8-16)17-13/h9-10,16H,6-8H2,1-5H3. The minimum absolute atomic E-state index is 0.100. The molecular formula is C13H24N2OS. The van der Waals surface area contributed by atoms with E-state index in [1.54, 1.807) is 11.3 Å². The van der Waals surface area contributed by atoms with Crippen LogP contribution in [0.4, 0.5) is 5.13 Å². The van der Waals surface area contributed by atoms with Crippen molar-refractivity contribution in [2.45, 2.75) is 59.6 Å². The van der Waals surface area contributed by atoms with Gasteiger partial charge < -0.3 is 10.0 Å². The Kier molecular flexibility index (Phi) is 5.40. The number of aliphatic hydroxyl groups excluding tert-OH is 1. The number of thiazole rings is 1. The third kappa shape index (κ3) is 3.42. The van der Waals surface area contributed by atoms with Crippen molar-refractivity contribution in [3.05, 3.63) is 10.6 Å². The van der Waals surface area contributed by atoms with Crippen molar-refractivity contribution >= 4 is 16.5 Å². The summed E-state index contributed by atoms with van der Waals surface area (Å²) in [4.78, 5) is 8.03. The zero-order chi connectivity index (χ0) is 13.0. The third-order valence-electron chi connectivity index (χ3n) is 2.74. The van der Waals surface area contributed by atoms with E-state index < -0.39 is 0 Å². The highest BCUT2D eigenvalue weighted by Crippen LogP contribution is 2.31. The van der Waals surface area contributed by atoms with E-state index >= 15 is 0 Å². The largest absolute Gasteiger partial charge is 0.391 e. The number of rotatable bonds is 6. The Morgan fingerprint density at radius 2 is 1.94 bits per heavy atom. The summed E-state index contributed by atoms with van der Waals surface area (Å²) < 4.78 is 0. The molecule has 17 heavy (non-hydrogen) atoms. The molecule has 0 fully saturated rings. The predicted octanol–water partition coefficient (Wildman–Crippen LogP) is 3.38. The lowest BCUT2D eigenvalue weighted by molar-refractivity contribution is 0.283. The van der Waals surface area contributed by atoms with Crippen LogP contribution in [0.15, 0.2) is 0 Å². The number of nitrogens with zero attached hydrogens (tertiary/aromatic N) is 2. The Hall–Kier alpha value is -0.610. The van der Waals surface area contributed by atoms with Crippen LogP contribution in [0.25, 0.3) is 0 Å². The average molecular weight is 256 g/mol. The predicted molar refractivity (Wildman–Crippen MR) is 74.9 cm³/mol. The first-order chi connectivity index (χ1) is 8.01. The van der Waals surface area contributed by atoms with Crippen molar-refractivity contribution in [1.29, 1.82) is 0 Å². The summed E-state index contributed by atoms with van der Waals surface area (Å²) in [6.07, 6.45) is 1.11. The van der Waals surface area contributed by atoms with Crippen LogP contribution in [0.2, 0.25) is 0 Å². The number of aliphatic hydroxyl groups is 1. The summed E-state index contributed by atoms with van der Waals surface area (Å²) in [5.41, 5.74) is 1.05. The maximum atomic E-state index is 9.38. The van der Waals surface area contributed by atoms with Crippen molar-refractivity contribution in [2.75, 3.05) is 11.4 Å². The molecular weight excluding hydrogens is 232 g/mol. The van der Waals surface area contributed by atoms with E-state index in [0.717, 1.165) is 28.7 Å². The zero-order valence-corrected chi connectivity index (χ0v) is 12.3. The van der Waals surface area contributed by atoms with Crippen molar-refractivity contribution in [3.8, 4) is 0 Å². The van der Waals surface area contributed by atoms with Gasteiger partial charge in [-0.1, -0.05) is 32.1 Å². The van der Waals surface area contributed by atoms with Gasteiger partial charge in [-0.05, 0) is 26.2 Å². The van der Waals surface area contributed by atoms with Gasteiger partial charge in [0.15, 0.2) is 5.13 Å². The smallest absolute Gasteiger partial charge is 0.186 e. The van der Waals surface area contributed by atoms with Crippen LogP contribution in [0.1, 0.15) is 57.5 Å².